The Balaban J connectivity index is 2.23. The highest BCUT2D eigenvalue weighted by Crippen LogP contribution is 2.61. The molecule has 0 saturated heterocycles. The van der Waals surface area contributed by atoms with Gasteiger partial charge in [-0.05, 0) is 12.3 Å². The first kappa shape index (κ1) is 11.8. The Hall–Kier alpha value is -1.63. The maximum absolute atomic E-state index is 11.1. The van der Waals surface area contributed by atoms with Crippen LogP contribution in [-0.2, 0) is 14.4 Å². The minimum atomic E-state index is -1.54. The molecule has 0 spiro atoms. The highest BCUT2D eigenvalue weighted by molar-refractivity contribution is 5.86. The van der Waals surface area contributed by atoms with Crippen LogP contribution in [0, 0.1) is 17.8 Å². The van der Waals surface area contributed by atoms with E-state index in [2.05, 4.69) is 5.32 Å². The molecule has 0 heterocycles. The number of carbonyl (C=O) groups is 3. The number of aliphatic carboxylic acids is 2. The summed E-state index contributed by atoms with van der Waals surface area (Å²) in [6, 6.07) is -0.459. The lowest BCUT2D eigenvalue weighted by molar-refractivity contribution is -0.145. The third kappa shape index (κ3) is 1.57. The molecule has 7 nitrogen and oxygen atoms in total. The van der Waals surface area contributed by atoms with E-state index in [0.717, 1.165) is 0 Å². The number of amides is 1. The summed E-state index contributed by atoms with van der Waals surface area (Å²) in [7, 11) is 0. The molecule has 5 N–H and O–H groups in total. The number of nitrogens with one attached hydrogen (secondary N) is 1. The Morgan fingerprint density at radius 1 is 1.35 bits per heavy atom. The molecule has 2 fully saturated rings. The van der Waals surface area contributed by atoms with Crippen molar-refractivity contribution in [3.05, 3.63) is 0 Å². The Bertz CT molecular complexity index is 410. The maximum Gasteiger partial charge on any atom is 0.324 e. The van der Waals surface area contributed by atoms with Gasteiger partial charge in [0.2, 0.25) is 5.91 Å². The number of nitrogens with two attached hydrogens (primary N) is 1. The van der Waals surface area contributed by atoms with E-state index in [9.17, 15) is 14.4 Å². The van der Waals surface area contributed by atoms with E-state index in [-0.39, 0.29) is 18.2 Å². The van der Waals surface area contributed by atoms with Gasteiger partial charge in [-0.3, -0.25) is 14.4 Å². The number of fused-ring (bicyclic) bond motifs is 1. The third-order valence-electron chi connectivity index (χ3n) is 3.76. The van der Waals surface area contributed by atoms with Crippen molar-refractivity contribution in [3.8, 4) is 0 Å². The molecular formula is C10H14N2O5. The van der Waals surface area contributed by atoms with Crippen LogP contribution < -0.4 is 11.1 Å². The van der Waals surface area contributed by atoms with E-state index in [1.54, 1.807) is 0 Å². The highest BCUT2D eigenvalue weighted by atomic mass is 16.4. The lowest BCUT2D eigenvalue weighted by Crippen LogP contribution is -2.52. The Morgan fingerprint density at radius 3 is 2.35 bits per heavy atom. The lowest BCUT2D eigenvalue weighted by Gasteiger charge is -2.24. The smallest absolute Gasteiger partial charge is 0.324 e. The summed E-state index contributed by atoms with van der Waals surface area (Å²) in [5, 5.41) is 20.6. The van der Waals surface area contributed by atoms with Gasteiger partial charge in [-0.25, -0.2) is 0 Å². The first-order chi connectivity index (χ1) is 7.79. The topological polar surface area (TPSA) is 130 Å². The van der Waals surface area contributed by atoms with Crippen molar-refractivity contribution in [3.63, 3.8) is 0 Å². The summed E-state index contributed by atoms with van der Waals surface area (Å²) in [6.45, 7) is 1.31. The fraction of sp³-hybridized carbons (Fsp3) is 0.700. The molecule has 0 bridgehead atoms. The van der Waals surface area contributed by atoms with Crippen LogP contribution in [0.4, 0.5) is 0 Å². The molecule has 2 rings (SSSR count). The normalized spacial score (nSPS) is 42.7. The molecule has 7 heteroatoms. The Labute approximate surface area is 97.0 Å². The van der Waals surface area contributed by atoms with Crippen LogP contribution in [0.5, 0.6) is 0 Å². The molecule has 0 aromatic heterocycles. The largest absolute Gasteiger partial charge is 0.481 e. The molecule has 2 saturated carbocycles. The molecule has 17 heavy (non-hydrogen) atoms. The SMILES string of the molecule is CC(=O)N[C@H]1C[C@@](N)(C(=O)O)[C@@H]2[C@@H](C(=O)O)[C@@H]21. The number of hydrogen-bond donors (Lipinski definition) is 4. The van der Waals surface area contributed by atoms with Crippen LogP contribution in [0.25, 0.3) is 0 Å². The van der Waals surface area contributed by atoms with Gasteiger partial charge in [0, 0.05) is 18.9 Å². The van der Waals surface area contributed by atoms with E-state index in [1.165, 1.54) is 6.92 Å². The average Bonchev–Trinajstić information content (AvgIpc) is 2.84. The van der Waals surface area contributed by atoms with Gasteiger partial charge in [-0.15, -0.1) is 0 Å². The first-order valence-electron chi connectivity index (χ1n) is 5.31. The van der Waals surface area contributed by atoms with Gasteiger partial charge in [0.1, 0.15) is 5.54 Å². The maximum atomic E-state index is 11.1. The number of carbonyl (C=O) groups excluding carboxylic acids is 1. The zero-order chi connectivity index (χ0) is 13.0. The monoisotopic (exact) mass is 242 g/mol. The van der Waals surface area contributed by atoms with Gasteiger partial charge in [-0.2, -0.15) is 0 Å². The van der Waals surface area contributed by atoms with E-state index in [4.69, 9.17) is 15.9 Å². The lowest BCUT2D eigenvalue weighted by atomic mass is 9.90. The van der Waals surface area contributed by atoms with Crippen molar-refractivity contribution in [1.29, 1.82) is 0 Å². The molecular weight excluding hydrogens is 228 g/mol. The molecule has 0 radical (unpaired) electrons. The average molecular weight is 242 g/mol. The quantitative estimate of drug-likeness (QED) is 0.482. The molecule has 5 atom stereocenters. The summed E-state index contributed by atoms with van der Waals surface area (Å²) in [5.74, 6) is -4.27. The number of hydrogen-bond acceptors (Lipinski definition) is 4. The van der Waals surface area contributed by atoms with E-state index in [1.807, 2.05) is 0 Å². The molecule has 1 amide bonds. The van der Waals surface area contributed by atoms with E-state index < -0.39 is 35.4 Å². The standard InChI is InChI=1S/C10H14N2O5/c1-3(13)12-4-2-10(11,9(16)17)7-5(4)6(7)8(14)15/h4-7H,2,11H2,1H3,(H,12,13)(H,14,15)(H,16,17)/t4-,5-,6-,7-,10-/m0/s1. The van der Waals surface area contributed by atoms with Crippen molar-refractivity contribution in [1.82, 2.24) is 5.32 Å². The van der Waals surface area contributed by atoms with Gasteiger partial charge in [0.05, 0.1) is 5.92 Å². The predicted octanol–water partition coefficient (Wildman–Crippen LogP) is -1.38. The van der Waals surface area contributed by atoms with E-state index >= 15 is 0 Å². The summed E-state index contributed by atoms with van der Waals surface area (Å²) in [6.07, 6.45) is 0.0844. The van der Waals surface area contributed by atoms with Gasteiger partial charge in [0.15, 0.2) is 0 Å². The van der Waals surface area contributed by atoms with Gasteiger partial charge >= 0.3 is 11.9 Å². The Morgan fingerprint density at radius 2 is 1.94 bits per heavy atom. The zero-order valence-corrected chi connectivity index (χ0v) is 9.21. The number of carboxylic acids is 2. The van der Waals surface area contributed by atoms with Crippen LogP contribution in [-0.4, -0.2) is 39.6 Å². The van der Waals surface area contributed by atoms with Gasteiger partial charge < -0.3 is 21.3 Å². The van der Waals surface area contributed by atoms with Crippen molar-refractivity contribution in [2.75, 3.05) is 0 Å². The second-order valence-electron chi connectivity index (χ2n) is 4.82. The van der Waals surface area contributed by atoms with Crippen molar-refractivity contribution in [2.24, 2.45) is 23.5 Å². The minimum absolute atomic E-state index is 0.0844. The molecule has 2 aliphatic rings. The van der Waals surface area contributed by atoms with Crippen molar-refractivity contribution in [2.45, 2.75) is 24.9 Å². The van der Waals surface area contributed by atoms with Crippen LogP contribution in [0.1, 0.15) is 13.3 Å². The predicted molar refractivity (Wildman–Crippen MR) is 54.9 cm³/mol. The van der Waals surface area contributed by atoms with Gasteiger partial charge in [0.25, 0.3) is 0 Å². The second kappa shape index (κ2) is 3.43. The van der Waals surface area contributed by atoms with Crippen LogP contribution in [0.3, 0.4) is 0 Å². The summed E-state index contributed by atoms with van der Waals surface area (Å²) < 4.78 is 0. The molecule has 0 unspecified atom stereocenters. The van der Waals surface area contributed by atoms with Crippen molar-refractivity contribution < 1.29 is 24.6 Å². The zero-order valence-electron chi connectivity index (χ0n) is 9.21. The highest BCUT2D eigenvalue weighted by Gasteiger charge is 2.74. The van der Waals surface area contributed by atoms with Crippen molar-refractivity contribution >= 4 is 17.8 Å². The summed E-state index contributed by atoms with van der Waals surface area (Å²) in [5.41, 5.74) is 4.23. The summed E-state index contributed by atoms with van der Waals surface area (Å²) >= 11 is 0. The molecule has 94 valence electrons. The van der Waals surface area contributed by atoms with Crippen LogP contribution in [0.15, 0.2) is 0 Å². The third-order valence-corrected chi connectivity index (χ3v) is 3.76. The molecule has 0 aliphatic heterocycles. The fourth-order valence-electron chi connectivity index (χ4n) is 3.09. The van der Waals surface area contributed by atoms with Crippen LogP contribution in [0.2, 0.25) is 0 Å². The van der Waals surface area contributed by atoms with E-state index in [0.29, 0.717) is 0 Å². The second-order valence-corrected chi connectivity index (χ2v) is 4.82. The molecule has 2 aliphatic carbocycles. The Kier molecular flexibility index (Phi) is 2.39. The molecule has 0 aromatic carbocycles. The fourth-order valence-corrected chi connectivity index (χ4v) is 3.09. The number of carboxylic acid groups (broad SMARTS) is 2. The summed E-state index contributed by atoms with van der Waals surface area (Å²) in [4.78, 5) is 33.1. The number of rotatable bonds is 3. The minimum Gasteiger partial charge on any atom is -0.481 e. The molecule has 0 aromatic rings. The van der Waals surface area contributed by atoms with Crippen LogP contribution >= 0.6 is 0 Å². The van der Waals surface area contributed by atoms with Gasteiger partial charge in [-0.1, -0.05) is 0 Å². The first-order valence-corrected chi connectivity index (χ1v) is 5.31.